The molecule has 0 N–H and O–H groups in total. The van der Waals surface area contributed by atoms with Gasteiger partial charge in [-0.2, -0.15) is 0 Å². The minimum absolute atomic E-state index is 0.139. The highest BCUT2D eigenvalue weighted by Gasteiger charge is 2.08. The summed E-state index contributed by atoms with van der Waals surface area (Å²) in [5.74, 6) is 0.950. The number of guanidine groups is 1. The number of nitrogens with zero attached hydrogens (tertiary/aromatic N) is 3. The Hall–Kier alpha value is -1.06. The molecule has 0 heterocycles. The van der Waals surface area contributed by atoms with Gasteiger partial charge in [-0.3, -0.25) is 9.79 Å². The standard InChI is InChI=1S/C8H17N3O/c1-7(12)6-11(5)8(9-2)10(3)4/h6H2,1-5H3. The van der Waals surface area contributed by atoms with Crippen molar-refractivity contribution in [1.29, 1.82) is 0 Å². The molecule has 0 aliphatic heterocycles. The molecular weight excluding hydrogens is 154 g/mol. The fraction of sp³-hybridized carbons (Fsp3) is 0.750. The molecular formula is C8H17N3O. The van der Waals surface area contributed by atoms with Crippen molar-refractivity contribution in [1.82, 2.24) is 9.80 Å². The number of rotatable bonds is 2. The highest BCUT2D eigenvalue weighted by molar-refractivity contribution is 5.85. The maximum Gasteiger partial charge on any atom is 0.195 e. The maximum atomic E-state index is 10.8. The summed E-state index contributed by atoms with van der Waals surface area (Å²) in [7, 11) is 7.37. The first-order chi connectivity index (χ1) is 5.49. The Morgan fingerprint density at radius 1 is 1.33 bits per heavy atom. The van der Waals surface area contributed by atoms with E-state index in [1.54, 1.807) is 14.0 Å². The predicted molar refractivity (Wildman–Crippen MR) is 50.4 cm³/mol. The van der Waals surface area contributed by atoms with Gasteiger partial charge < -0.3 is 9.80 Å². The summed E-state index contributed by atoms with van der Waals surface area (Å²) in [5.41, 5.74) is 0. The number of carbonyl (C=O) groups excluding carboxylic acids is 1. The quantitative estimate of drug-likeness (QED) is 0.435. The lowest BCUT2D eigenvalue weighted by Crippen LogP contribution is -2.40. The molecule has 70 valence electrons. The summed E-state index contributed by atoms with van der Waals surface area (Å²) in [6, 6.07) is 0. The summed E-state index contributed by atoms with van der Waals surface area (Å²) < 4.78 is 0. The van der Waals surface area contributed by atoms with Crippen LogP contribution in [0.1, 0.15) is 6.92 Å². The van der Waals surface area contributed by atoms with Gasteiger partial charge in [0.1, 0.15) is 5.78 Å². The van der Waals surface area contributed by atoms with Gasteiger partial charge in [-0.25, -0.2) is 0 Å². The SMILES string of the molecule is CN=C(N(C)C)N(C)CC(C)=O. The third kappa shape index (κ3) is 3.37. The largest absolute Gasteiger partial charge is 0.349 e. The van der Waals surface area contributed by atoms with E-state index < -0.39 is 0 Å². The van der Waals surface area contributed by atoms with Gasteiger partial charge in [-0.05, 0) is 6.92 Å². The van der Waals surface area contributed by atoms with Crippen LogP contribution in [0.4, 0.5) is 0 Å². The highest BCUT2D eigenvalue weighted by Crippen LogP contribution is 1.91. The first kappa shape index (κ1) is 10.9. The summed E-state index contributed by atoms with van der Waals surface area (Å²) in [6.45, 7) is 1.98. The third-order valence-electron chi connectivity index (χ3n) is 1.40. The molecule has 4 nitrogen and oxygen atoms in total. The minimum atomic E-state index is 0.139. The first-order valence-corrected chi connectivity index (χ1v) is 3.83. The van der Waals surface area contributed by atoms with Crippen molar-refractivity contribution in [2.45, 2.75) is 6.92 Å². The molecule has 0 atom stereocenters. The second kappa shape index (κ2) is 4.74. The van der Waals surface area contributed by atoms with E-state index in [4.69, 9.17) is 0 Å². The lowest BCUT2D eigenvalue weighted by Gasteiger charge is -2.24. The Kier molecular flexibility index (Phi) is 4.33. The van der Waals surface area contributed by atoms with Crippen molar-refractivity contribution in [2.75, 3.05) is 34.7 Å². The van der Waals surface area contributed by atoms with E-state index in [1.165, 1.54) is 0 Å². The lowest BCUT2D eigenvalue weighted by molar-refractivity contribution is -0.117. The second-order valence-electron chi connectivity index (χ2n) is 2.98. The van der Waals surface area contributed by atoms with Crippen molar-refractivity contribution in [3.8, 4) is 0 Å². The molecule has 12 heavy (non-hydrogen) atoms. The Balaban J connectivity index is 4.23. The molecule has 0 rings (SSSR count). The van der Waals surface area contributed by atoms with Crippen LogP contribution in [0.25, 0.3) is 0 Å². The Morgan fingerprint density at radius 3 is 2.08 bits per heavy atom. The molecule has 0 amide bonds. The molecule has 0 aromatic carbocycles. The summed E-state index contributed by atoms with van der Waals surface area (Å²) >= 11 is 0. The second-order valence-corrected chi connectivity index (χ2v) is 2.98. The van der Waals surface area contributed by atoms with Crippen molar-refractivity contribution < 1.29 is 4.79 Å². The zero-order valence-electron chi connectivity index (χ0n) is 8.46. The number of hydrogen-bond donors (Lipinski definition) is 0. The van der Waals surface area contributed by atoms with Crippen molar-refractivity contribution in [3.63, 3.8) is 0 Å². The first-order valence-electron chi connectivity index (χ1n) is 3.83. The Morgan fingerprint density at radius 2 is 1.83 bits per heavy atom. The van der Waals surface area contributed by atoms with Crippen LogP contribution >= 0.6 is 0 Å². The summed E-state index contributed by atoms with van der Waals surface area (Å²) in [5, 5.41) is 0. The average Bonchev–Trinajstić information content (AvgIpc) is 1.85. The third-order valence-corrected chi connectivity index (χ3v) is 1.40. The van der Waals surface area contributed by atoms with Crippen molar-refractivity contribution in [2.24, 2.45) is 4.99 Å². The van der Waals surface area contributed by atoms with E-state index >= 15 is 0 Å². The van der Waals surface area contributed by atoms with E-state index in [0.29, 0.717) is 6.54 Å². The summed E-state index contributed by atoms with van der Waals surface area (Å²) in [4.78, 5) is 18.5. The molecule has 0 bridgehead atoms. The number of carbonyl (C=O) groups is 1. The van der Waals surface area contributed by atoms with E-state index in [2.05, 4.69) is 4.99 Å². The van der Waals surface area contributed by atoms with Crippen molar-refractivity contribution >= 4 is 11.7 Å². The number of aliphatic imine (C=N–C) groups is 1. The van der Waals surface area contributed by atoms with Gasteiger partial charge in [0, 0.05) is 28.2 Å². The zero-order valence-corrected chi connectivity index (χ0v) is 8.46. The van der Waals surface area contributed by atoms with E-state index in [1.807, 2.05) is 30.9 Å². The predicted octanol–water partition coefficient (Wildman–Crippen LogP) is 0.0546. The Bertz CT molecular complexity index is 187. The van der Waals surface area contributed by atoms with Gasteiger partial charge in [-0.1, -0.05) is 0 Å². The summed E-state index contributed by atoms with van der Waals surface area (Å²) in [6.07, 6.45) is 0. The molecule has 0 spiro atoms. The number of ketones is 1. The lowest BCUT2D eigenvalue weighted by atomic mass is 10.4. The monoisotopic (exact) mass is 171 g/mol. The van der Waals surface area contributed by atoms with Gasteiger partial charge in [-0.15, -0.1) is 0 Å². The van der Waals surface area contributed by atoms with E-state index in [9.17, 15) is 4.79 Å². The van der Waals surface area contributed by atoms with Gasteiger partial charge in [0.25, 0.3) is 0 Å². The van der Waals surface area contributed by atoms with E-state index in [-0.39, 0.29) is 5.78 Å². The topological polar surface area (TPSA) is 35.9 Å². The molecule has 0 aromatic rings. The minimum Gasteiger partial charge on any atom is -0.349 e. The smallest absolute Gasteiger partial charge is 0.195 e. The van der Waals surface area contributed by atoms with Crippen LogP contribution in [0.3, 0.4) is 0 Å². The van der Waals surface area contributed by atoms with Crippen LogP contribution in [-0.2, 0) is 4.79 Å². The van der Waals surface area contributed by atoms with E-state index in [0.717, 1.165) is 5.96 Å². The van der Waals surface area contributed by atoms with Crippen LogP contribution in [0.2, 0.25) is 0 Å². The number of hydrogen-bond acceptors (Lipinski definition) is 2. The molecule has 0 saturated carbocycles. The van der Waals surface area contributed by atoms with Crippen LogP contribution < -0.4 is 0 Å². The van der Waals surface area contributed by atoms with Gasteiger partial charge in [0.15, 0.2) is 5.96 Å². The molecule has 0 radical (unpaired) electrons. The number of Topliss-reactive ketones (excluding diaryl/α,β-unsaturated/α-hetero) is 1. The zero-order chi connectivity index (χ0) is 9.72. The Labute approximate surface area is 73.9 Å². The molecule has 0 aliphatic carbocycles. The fourth-order valence-corrected chi connectivity index (χ4v) is 1.12. The van der Waals surface area contributed by atoms with Gasteiger partial charge in [0.2, 0.25) is 0 Å². The molecule has 0 saturated heterocycles. The normalized spacial score (nSPS) is 11.2. The van der Waals surface area contributed by atoms with Crippen LogP contribution in [0, 0.1) is 0 Å². The maximum absolute atomic E-state index is 10.8. The molecule has 0 aliphatic rings. The average molecular weight is 171 g/mol. The highest BCUT2D eigenvalue weighted by atomic mass is 16.1. The van der Waals surface area contributed by atoms with Gasteiger partial charge in [0.05, 0.1) is 6.54 Å². The van der Waals surface area contributed by atoms with Crippen molar-refractivity contribution in [3.05, 3.63) is 0 Å². The van der Waals surface area contributed by atoms with Gasteiger partial charge >= 0.3 is 0 Å². The van der Waals surface area contributed by atoms with Crippen LogP contribution in [-0.4, -0.2) is 56.3 Å². The van der Waals surface area contributed by atoms with Crippen LogP contribution in [0.5, 0.6) is 0 Å². The van der Waals surface area contributed by atoms with Crippen LogP contribution in [0.15, 0.2) is 4.99 Å². The number of likely N-dealkylation sites (N-methyl/N-ethyl adjacent to an activating group) is 1. The fourth-order valence-electron chi connectivity index (χ4n) is 1.12. The molecule has 0 aromatic heterocycles. The molecule has 0 unspecified atom stereocenters. The molecule has 0 fully saturated rings. The molecule has 4 heteroatoms.